The van der Waals surface area contributed by atoms with Crippen molar-refractivity contribution in [2.45, 2.75) is 108 Å². The lowest BCUT2D eigenvalue weighted by Gasteiger charge is -2.44. The number of ether oxygens (including phenoxy) is 7. The Labute approximate surface area is 327 Å². The summed E-state index contributed by atoms with van der Waals surface area (Å²) in [6.07, 6.45) is -4.72. The zero-order chi connectivity index (χ0) is 39.5. The number of thioether (sulfide) groups is 1. The molecule has 0 saturated carbocycles. The molecule has 18 heteroatoms. The number of aromatic amines is 1. The lowest BCUT2D eigenvalue weighted by molar-refractivity contribution is -0.251. The van der Waals surface area contributed by atoms with Crippen LogP contribution in [0.2, 0.25) is 0 Å². The van der Waals surface area contributed by atoms with Crippen LogP contribution < -0.4 is 5.32 Å². The molecule has 55 heavy (non-hydrogen) atoms. The third-order valence-electron chi connectivity index (χ3n) is 8.63. The molecule has 8 unspecified atom stereocenters. The molecular weight excluding hydrogens is 757 g/mol. The van der Waals surface area contributed by atoms with Crippen LogP contribution in [0.1, 0.15) is 75.2 Å². The number of nitrogens with one attached hydrogen (secondary N) is 2. The van der Waals surface area contributed by atoms with Crippen LogP contribution in [0.25, 0.3) is 0 Å². The monoisotopic (exact) mass is 800 g/mol. The zero-order valence-electron chi connectivity index (χ0n) is 30.7. The van der Waals surface area contributed by atoms with Gasteiger partial charge in [-0.25, -0.2) is 4.98 Å². The van der Waals surface area contributed by atoms with Crippen LogP contribution in [0, 0.1) is 0 Å². The summed E-state index contributed by atoms with van der Waals surface area (Å²) in [7, 11) is 0. The maximum absolute atomic E-state index is 12.2. The number of H-pyrrole nitrogens is 1. The van der Waals surface area contributed by atoms with Crippen molar-refractivity contribution >= 4 is 52.8 Å². The van der Waals surface area contributed by atoms with E-state index in [1.807, 2.05) is 48.5 Å². The molecule has 2 fully saturated rings. The molecule has 3 heterocycles. The minimum Gasteiger partial charge on any atom is -0.463 e. The molecule has 296 valence electrons. The third-order valence-corrected chi connectivity index (χ3v) is 9.95. The summed E-state index contributed by atoms with van der Waals surface area (Å²) in [6, 6.07) is 15.4. The summed E-state index contributed by atoms with van der Waals surface area (Å²) in [6.45, 7) is 4.68. The largest absolute Gasteiger partial charge is 0.463 e. The molecule has 3 aromatic rings. The summed E-state index contributed by atoms with van der Waals surface area (Å²) in [5.74, 6) is -2.09. The quantitative estimate of drug-likeness (QED) is 0.0869. The number of nitrogens with zero attached hydrogens (tertiary/aromatic N) is 2. The summed E-state index contributed by atoms with van der Waals surface area (Å²) < 4.78 is 40.7. The van der Waals surface area contributed by atoms with Gasteiger partial charge in [0.15, 0.2) is 29.8 Å². The van der Waals surface area contributed by atoms with E-state index in [9.17, 15) is 24.3 Å². The number of aromatic nitrogens is 3. The van der Waals surface area contributed by atoms with E-state index in [1.54, 1.807) is 0 Å². The molecule has 16 nitrogen and oxygen atoms in total. The smallest absolute Gasteiger partial charge is 0.303 e. The van der Waals surface area contributed by atoms with Crippen LogP contribution in [0.4, 0.5) is 0 Å². The molecule has 3 N–H and O–H groups in total. The van der Waals surface area contributed by atoms with Crippen molar-refractivity contribution in [3.8, 4) is 0 Å². The first-order valence-corrected chi connectivity index (χ1v) is 18.9. The highest BCUT2D eigenvalue weighted by Crippen LogP contribution is 2.39. The van der Waals surface area contributed by atoms with Crippen molar-refractivity contribution in [2.24, 2.45) is 0 Å². The molecule has 2 aromatic carbocycles. The second kappa shape index (κ2) is 19.9. The third kappa shape index (κ3) is 12.3. The van der Waals surface area contributed by atoms with Crippen LogP contribution in [0.3, 0.4) is 0 Å². The van der Waals surface area contributed by atoms with E-state index in [-0.39, 0.29) is 31.8 Å². The summed E-state index contributed by atoms with van der Waals surface area (Å²) >= 11 is 7.18. The van der Waals surface area contributed by atoms with Crippen molar-refractivity contribution in [1.82, 2.24) is 20.5 Å². The van der Waals surface area contributed by atoms with E-state index in [2.05, 4.69) is 20.5 Å². The number of hydrogen-bond donors (Lipinski definition) is 3. The molecular formula is C37H44N4O12S2. The summed E-state index contributed by atoms with van der Waals surface area (Å²) in [5, 5.41) is 20.2. The van der Waals surface area contributed by atoms with Crippen molar-refractivity contribution in [3.63, 3.8) is 0 Å². The standard InChI is InChI=1S/C37H44N4O12S2/c1-20(43)47-17-31-34(49-22(3)45)35(50-23(4)46)33(48-21(2)44)30(52-31)14-32(54)38-15-24-5-11-27(12-6-24)36-51-28(18-55-37-39-19-40-41-37)13-29(53-36)26-9-7-25(16-42)8-10-26/h5-12,19,28-31,33-36,42H,13-18H2,1-4H3,(H,38,54)(H,39,40,41). The van der Waals surface area contributed by atoms with Crippen molar-refractivity contribution < 1.29 is 57.4 Å². The first kappa shape index (κ1) is 41.7. The lowest BCUT2D eigenvalue weighted by atomic mass is 9.92. The molecule has 8 atom stereocenters. The maximum Gasteiger partial charge on any atom is 0.303 e. The number of carbonyl (C=O) groups excluding carboxylic acids is 4. The van der Waals surface area contributed by atoms with Gasteiger partial charge in [0.1, 0.15) is 25.1 Å². The van der Waals surface area contributed by atoms with Crippen molar-refractivity contribution in [1.29, 1.82) is 0 Å². The Bertz CT molecular complexity index is 1760. The summed E-state index contributed by atoms with van der Waals surface area (Å²) in [5.41, 5.74) is 3.49. The van der Waals surface area contributed by atoms with E-state index in [0.29, 0.717) is 28.9 Å². The van der Waals surface area contributed by atoms with Gasteiger partial charge in [-0.15, -0.1) is 0 Å². The Hall–Kier alpha value is -4.46. The normalized spacial score (nSPS) is 25.0. The fourth-order valence-electron chi connectivity index (χ4n) is 6.19. The minimum atomic E-state index is -1.27. The van der Waals surface area contributed by atoms with Gasteiger partial charge >= 0.3 is 23.9 Å². The van der Waals surface area contributed by atoms with Gasteiger partial charge in [0, 0.05) is 58.4 Å². The topological polar surface area (TPSA) is 207 Å². The van der Waals surface area contributed by atoms with E-state index in [1.165, 1.54) is 38.9 Å². The molecule has 5 rings (SSSR count). The number of carbonyl (C=O) groups is 4. The average Bonchev–Trinajstić information content (AvgIpc) is 3.68. The number of aliphatic hydroxyl groups excluding tert-OH is 1. The fraction of sp³-hybridized carbons (Fsp3) is 0.486. The number of thiocarbonyl (C=S) groups is 1. The van der Waals surface area contributed by atoms with E-state index >= 15 is 0 Å². The lowest BCUT2D eigenvalue weighted by Crippen LogP contribution is -2.62. The van der Waals surface area contributed by atoms with Crippen LogP contribution >= 0.6 is 24.0 Å². The highest BCUT2D eigenvalue weighted by Gasteiger charge is 2.52. The SMILES string of the molecule is CC(=O)OCC1OC(CC(=S)NCc2ccc(C3OC(CSc4ncn[nH]4)CC(c4ccc(CO)cc4)O3)cc2)C(OC(C)=O)C(OC(C)=O)C1OC(C)=O. The molecule has 0 bridgehead atoms. The second-order valence-electron chi connectivity index (χ2n) is 12.9. The molecule has 0 amide bonds. The predicted octanol–water partition coefficient (Wildman–Crippen LogP) is 3.57. The number of benzene rings is 2. The number of aliphatic hydroxyl groups is 1. The Morgan fingerprint density at radius 2 is 1.45 bits per heavy atom. The first-order chi connectivity index (χ1) is 26.4. The average molecular weight is 801 g/mol. The minimum absolute atomic E-state index is 0.0182. The second-order valence-corrected chi connectivity index (χ2v) is 14.4. The molecule has 0 aliphatic carbocycles. The van der Waals surface area contributed by atoms with E-state index in [4.69, 9.17) is 45.4 Å². The maximum atomic E-state index is 12.2. The zero-order valence-corrected chi connectivity index (χ0v) is 32.3. The first-order valence-electron chi connectivity index (χ1n) is 17.5. The molecule has 0 radical (unpaired) electrons. The summed E-state index contributed by atoms with van der Waals surface area (Å²) in [4.78, 5) is 52.6. The van der Waals surface area contributed by atoms with Gasteiger partial charge in [-0.3, -0.25) is 24.3 Å². The van der Waals surface area contributed by atoms with Gasteiger partial charge in [-0.05, 0) is 16.7 Å². The molecule has 2 aliphatic rings. The number of rotatable bonds is 15. The Morgan fingerprint density at radius 1 is 0.836 bits per heavy atom. The van der Waals surface area contributed by atoms with Crippen LogP contribution in [0.15, 0.2) is 60.0 Å². The van der Waals surface area contributed by atoms with Crippen LogP contribution in [-0.2, 0) is 65.5 Å². The predicted molar refractivity (Wildman–Crippen MR) is 198 cm³/mol. The Kier molecular flexibility index (Phi) is 15.1. The van der Waals surface area contributed by atoms with Gasteiger partial charge in [-0.2, -0.15) is 5.10 Å². The van der Waals surface area contributed by atoms with Gasteiger partial charge < -0.3 is 43.6 Å². The number of esters is 4. The van der Waals surface area contributed by atoms with Crippen LogP contribution in [-0.4, -0.2) is 98.1 Å². The molecule has 1 aromatic heterocycles. The van der Waals surface area contributed by atoms with Gasteiger partial charge in [0.2, 0.25) is 0 Å². The Balaban J connectivity index is 1.25. The molecule has 2 aliphatic heterocycles. The van der Waals surface area contributed by atoms with Crippen molar-refractivity contribution in [2.75, 3.05) is 12.4 Å². The Morgan fingerprint density at radius 3 is 2.05 bits per heavy atom. The van der Waals surface area contributed by atoms with E-state index < -0.39 is 60.7 Å². The highest BCUT2D eigenvalue weighted by atomic mass is 32.2. The molecule has 2 saturated heterocycles. The van der Waals surface area contributed by atoms with Gasteiger partial charge in [0.25, 0.3) is 0 Å². The van der Waals surface area contributed by atoms with Gasteiger partial charge in [0.05, 0.1) is 23.8 Å². The number of hydrogen-bond acceptors (Lipinski definition) is 16. The highest BCUT2D eigenvalue weighted by molar-refractivity contribution is 7.99. The fourth-order valence-corrected chi connectivity index (χ4v) is 7.22. The van der Waals surface area contributed by atoms with Crippen LogP contribution in [0.5, 0.6) is 0 Å². The van der Waals surface area contributed by atoms with E-state index in [0.717, 1.165) is 29.2 Å². The van der Waals surface area contributed by atoms with Crippen molar-refractivity contribution in [3.05, 3.63) is 77.1 Å². The van der Waals surface area contributed by atoms with Gasteiger partial charge in [-0.1, -0.05) is 72.5 Å². The molecule has 0 spiro atoms.